The van der Waals surface area contributed by atoms with Crippen LogP contribution < -0.4 is 22.7 Å². The van der Waals surface area contributed by atoms with E-state index in [9.17, 15) is 19.2 Å². The van der Waals surface area contributed by atoms with Gasteiger partial charge in [0.2, 0.25) is 23.1 Å². The smallest absolute Gasteiger partial charge is 0.298 e. The second kappa shape index (κ2) is 14.8. The van der Waals surface area contributed by atoms with Gasteiger partial charge in [0.15, 0.2) is 0 Å². The number of nitrogens with two attached hydrogens (primary N) is 2. The first kappa shape index (κ1) is 38.4. The minimum atomic E-state index is -0.564. The van der Waals surface area contributed by atoms with Gasteiger partial charge >= 0.3 is 0 Å². The van der Waals surface area contributed by atoms with Gasteiger partial charge in [0.05, 0.1) is 33.5 Å². The van der Waals surface area contributed by atoms with Gasteiger partial charge in [0.1, 0.15) is 11.4 Å². The number of aromatic nitrogens is 8. The van der Waals surface area contributed by atoms with Crippen LogP contribution in [0.3, 0.4) is 0 Å². The van der Waals surface area contributed by atoms with Gasteiger partial charge < -0.3 is 29.7 Å². The third-order valence-electron chi connectivity index (χ3n) is 10.6. The third kappa shape index (κ3) is 6.95. The zero-order valence-corrected chi connectivity index (χ0v) is 32.7. The Bertz CT molecular complexity index is 2660. The molecule has 16 heteroatoms. The monoisotopic (exact) mass is 748 g/mol. The van der Waals surface area contributed by atoms with E-state index in [0.29, 0.717) is 75.8 Å². The van der Waals surface area contributed by atoms with Crippen LogP contribution in [-0.4, -0.2) is 61.5 Å². The minimum absolute atomic E-state index is 0.0470. The zero-order chi connectivity index (χ0) is 40.0. The first-order chi connectivity index (χ1) is 26.1. The van der Waals surface area contributed by atoms with E-state index in [1.54, 1.807) is 61.9 Å². The number of benzene rings is 2. The summed E-state index contributed by atoms with van der Waals surface area (Å²) in [6.45, 7) is 15.3. The van der Waals surface area contributed by atoms with E-state index >= 15 is 0 Å². The number of nitrogens with zero attached hydrogens (tertiary/aromatic N) is 10. The second-order valence-corrected chi connectivity index (χ2v) is 14.2. The Balaban J connectivity index is 1.47. The molecule has 0 aliphatic carbocycles. The standard InChI is InChI=1S/C39H48N12O4/c1-10-49-32(16-22(4)44-49)36(54)42-38-46(8)30-18-26(34(40)52)12-14-28(30)48(38)20-21(3)24(6)25(7)51-29-15-13-27(35(41)53)19-31(29)47(9)39(51)43-37(55)33-17-23(5)45-50(33)11-2/h12-19,21,24-25H,10-11,20H2,1-9H3,(H2,40,52)(H2,41,53). The summed E-state index contributed by atoms with van der Waals surface area (Å²) in [5, 5.41) is 8.87. The molecule has 0 radical (unpaired) electrons. The van der Waals surface area contributed by atoms with Gasteiger partial charge in [-0.15, -0.1) is 0 Å². The molecule has 0 spiro atoms. The number of hydrogen-bond acceptors (Lipinski definition) is 6. The summed E-state index contributed by atoms with van der Waals surface area (Å²) in [5.41, 5.74) is 17.9. The number of carbonyl (C=O) groups is 4. The highest BCUT2D eigenvalue weighted by Crippen LogP contribution is 2.30. The topological polar surface area (TPSA) is 200 Å². The molecular weight excluding hydrogens is 701 g/mol. The Kier molecular flexibility index (Phi) is 10.4. The van der Waals surface area contributed by atoms with E-state index in [4.69, 9.17) is 11.5 Å². The van der Waals surface area contributed by atoms with Crippen LogP contribution in [0, 0.1) is 25.7 Å². The fourth-order valence-corrected chi connectivity index (χ4v) is 7.32. The van der Waals surface area contributed by atoms with Crippen LogP contribution >= 0.6 is 0 Å². The molecule has 4 N–H and O–H groups in total. The quantitative estimate of drug-likeness (QED) is 0.203. The summed E-state index contributed by atoms with van der Waals surface area (Å²) < 4.78 is 10.9. The third-order valence-corrected chi connectivity index (χ3v) is 10.6. The second-order valence-electron chi connectivity index (χ2n) is 14.2. The van der Waals surface area contributed by atoms with E-state index < -0.39 is 23.6 Å². The molecule has 6 rings (SSSR count). The molecule has 288 valence electrons. The summed E-state index contributed by atoms with van der Waals surface area (Å²) in [4.78, 5) is 61.2. The van der Waals surface area contributed by atoms with E-state index in [0.717, 1.165) is 11.0 Å². The lowest BCUT2D eigenvalue weighted by atomic mass is 9.89. The van der Waals surface area contributed by atoms with Crippen molar-refractivity contribution < 1.29 is 19.2 Å². The van der Waals surface area contributed by atoms with Crippen LogP contribution in [0.25, 0.3) is 22.1 Å². The van der Waals surface area contributed by atoms with Crippen molar-refractivity contribution in [2.45, 2.75) is 74.1 Å². The molecule has 6 aromatic rings. The van der Waals surface area contributed by atoms with Crippen molar-refractivity contribution in [2.75, 3.05) is 0 Å². The van der Waals surface area contributed by atoms with E-state index in [2.05, 4.69) is 41.0 Å². The number of amides is 4. The van der Waals surface area contributed by atoms with Gasteiger partial charge in [-0.1, -0.05) is 13.8 Å². The van der Waals surface area contributed by atoms with Crippen molar-refractivity contribution in [3.63, 3.8) is 0 Å². The Morgan fingerprint density at radius 2 is 1.13 bits per heavy atom. The molecule has 0 saturated carbocycles. The number of aryl methyl sites for hydroxylation is 6. The summed E-state index contributed by atoms with van der Waals surface area (Å²) in [5.74, 6) is -2.11. The molecule has 4 aromatic heterocycles. The average molecular weight is 749 g/mol. The van der Waals surface area contributed by atoms with Crippen molar-refractivity contribution in [2.24, 2.45) is 47.4 Å². The van der Waals surface area contributed by atoms with E-state index in [-0.39, 0.29) is 17.9 Å². The Labute approximate surface area is 317 Å². The fraction of sp³-hybridized carbons (Fsp3) is 0.385. The van der Waals surface area contributed by atoms with Crippen LogP contribution in [0.5, 0.6) is 0 Å². The Hall–Kier alpha value is -6.32. The zero-order valence-electron chi connectivity index (χ0n) is 32.7. The van der Waals surface area contributed by atoms with Crippen molar-refractivity contribution in [3.05, 3.63) is 93.7 Å². The van der Waals surface area contributed by atoms with Gasteiger partial charge in [-0.05, 0) is 95.0 Å². The molecule has 2 aromatic carbocycles. The largest absolute Gasteiger partial charge is 0.366 e. The molecule has 3 unspecified atom stereocenters. The summed E-state index contributed by atoms with van der Waals surface area (Å²) in [6, 6.07) is 13.6. The molecule has 0 fully saturated rings. The molecule has 0 aliphatic rings. The van der Waals surface area contributed by atoms with Gasteiger partial charge in [0, 0.05) is 50.9 Å². The maximum atomic E-state index is 13.8. The fourth-order valence-electron chi connectivity index (χ4n) is 7.32. The number of carbonyl (C=O) groups excluding carboxylic acids is 4. The van der Waals surface area contributed by atoms with Gasteiger partial charge in [0.25, 0.3) is 11.8 Å². The van der Waals surface area contributed by atoms with Crippen molar-refractivity contribution in [1.82, 2.24) is 37.8 Å². The molecule has 16 nitrogen and oxygen atoms in total. The number of hydrogen-bond donors (Lipinski definition) is 2. The Morgan fingerprint density at radius 1 is 0.673 bits per heavy atom. The lowest BCUT2D eigenvalue weighted by Gasteiger charge is -2.28. The van der Waals surface area contributed by atoms with Gasteiger partial charge in [-0.25, -0.2) is 0 Å². The summed E-state index contributed by atoms with van der Waals surface area (Å²) in [6.07, 6.45) is 0. The van der Waals surface area contributed by atoms with Crippen molar-refractivity contribution >= 4 is 45.7 Å². The number of fused-ring (bicyclic) bond motifs is 2. The lowest BCUT2D eigenvalue weighted by Crippen LogP contribution is -2.35. The molecule has 3 atom stereocenters. The summed E-state index contributed by atoms with van der Waals surface area (Å²) in [7, 11) is 3.61. The van der Waals surface area contributed by atoms with Crippen LogP contribution in [0.2, 0.25) is 0 Å². The number of primary amides is 2. The highest BCUT2D eigenvalue weighted by Gasteiger charge is 2.27. The van der Waals surface area contributed by atoms with Gasteiger partial charge in [-0.3, -0.25) is 28.5 Å². The average Bonchev–Trinajstić information content (AvgIpc) is 3.88. The molecule has 4 amide bonds. The SMILES string of the molecule is CCn1nc(C)cc1C(=O)N=c1n(C)c2cc(C(N)=O)ccc2n1CC(C)C(C)C(C)n1c(=NC(=O)c2cc(C)nn2CC)n(C)c2cc(C(N)=O)ccc21. The van der Waals surface area contributed by atoms with Gasteiger partial charge in [-0.2, -0.15) is 20.2 Å². The van der Waals surface area contributed by atoms with Crippen molar-refractivity contribution in [1.29, 1.82) is 0 Å². The maximum Gasteiger partial charge on any atom is 0.298 e. The normalized spacial score (nSPS) is 14.2. The highest BCUT2D eigenvalue weighted by molar-refractivity contribution is 5.98. The number of rotatable bonds is 11. The van der Waals surface area contributed by atoms with Crippen LogP contribution in [0.1, 0.15) is 93.7 Å². The molecule has 0 saturated heterocycles. The van der Waals surface area contributed by atoms with Crippen LogP contribution in [0.4, 0.5) is 0 Å². The molecule has 4 heterocycles. The molecule has 0 bridgehead atoms. The Morgan fingerprint density at radius 3 is 1.62 bits per heavy atom. The number of imidazole rings is 2. The first-order valence-electron chi connectivity index (χ1n) is 18.3. The van der Waals surface area contributed by atoms with E-state index in [1.165, 1.54) is 0 Å². The molecule has 0 aliphatic heterocycles. The predicted octanol–water partition coefficient (Wildman–Crippen LogP) is 3.54. The minimum Gasteiger partial charge on any atom is -0.366 e. The predicted molar refractivity (Wildman–Crippen MR) is 207 cm³/mol. The lowest BCUT2D eigenvalue weighted by molar-refractivity contribution is 0.0976. The maximum absolute atomic E-state index is 13.8. The highest BCUT2D eigenvalue weighted by atomic mass is 16.2. The van der Waals surface area contributed by atoms with Crippen molar-refractivity contribution in [3.8, 4) is 0 Å². The molecular formula is C39H48N12O4. The summed E-state index contributed by atoms with van der Waals surface area (Å²) >= 11 is 0. The van der Waals surface area contributed by atoms with Crippen LogP contribution in [0.15, 0.2) is 58.5 Å². The van der Waals surface area contributed by atoms with Crippen LogP contribution in [-0.2, 0) is 33.7 Å². The van der Waals surface area contributed by atoms with E-state index in [1.807, 2.05) is 56.0 Å². The first-order valence-corrected chi connectivity index (χ1v) is 18.3. The molecule has 55 heavy (non-hydrogen) atoms.